The highest BCUT2D eigenvalue weighted by molar-refractivity contribution is 6.31. The lowest BCUT2D eigenvalue weighted by atomic mass is 10.1. The molecule has 6 heteroatoms. The number of esters is 1. The molecule has 124 valence electrons. The van der Waals surface area contributed by atoms with E-state index in [4.69, 9.17) is 21.1 Å². The first-order valence-corrected chi connectivity index (χ1v) is 7.95. The lowest BCUT2D eigenvalue weighted by Gasteiger charge is -2.26. The molecule has 2 aromatic carbocycles. The van der Waals surface area contributed by atoms with Gasteiger partial charge in [0.1, 0.15) is 11.8 Å². The van der Waals surface area contributed by atoms with Gasteiger partial charge in [0.05, 0.1) is 6.61 Å². The van der Waals surface area contributed by atoms with Crippen molar-refractivity contribution in [1.82, 2.24) is 0 Å². The van der Waals surface area contributed by atoms with E-state index in [9.17, 15) is 9.59 Å². The summed E-state index contributed by atoms with van der Waals surface area (Å²) in [6, 6.07) is 15.2. The first kappa shape index (κ1) is 16.3. The molecule has 3 rings (SSSR count). The van der Waals surface area contributed by atoms with Crippen LogP contribution in [-0.2, 0) is 14.3 Å². The number of para-hydroxylation sites is 1. The first-order valence-electron chi connectivity index (χ1n) is 7.57. The predicted molar refractivity (Wildman–Crippen MR) is 90.2 cm³/mol. The Morgan fingerprint density at radius 2 is 2.00 bits per heavy atom. The van der Waals surface area contributed by atoms with E-state index < -0.39 is 12.0 Å². The van der Waals surface area contributed by atoms with Crippen LogP contribution in [0.15, 0.2) is 54.6 Å². The minimum Gasteiger partial charge on any atom is -0.484 e. The molecule has 0 radical (unpaired) electrons. The number of carbonyl (C=O) groups excluding carboxylic acids is 2. The maximum Gasteiger partial charge on any atom is 0.329 e. The van der Waals surface area contributed by atoms with Crippen molar-refractivity contribution in [1.29, 1.82) is 0 Å². The molecule has 1 heterocycles. The van der Waals surface area contributed by atoms with E-state index >= 15 is 0 Å². The molecule has 1 saturated heterocycles. The van der Waals surface area contributed by atoms with Crippen molar-refractivity contribution in [3.05, 3.63) is 59.6 Å². The third-order valence-electron chi connectivity index (χ3n) is 3.68. The summed E-state index contributed by atoms with van der Waals surface area (Å²) in [4.78, 5) is 26.1. The number of halogens is 1. The van der Waals surface area contributed by atoms with Crippen LogP contribution >= 0.6 is 11.6 Å². The number of hydrogen-bond donors (Lipinski definition) is 0. The minimum absolute atomic E-state index is 0.180. The Kier molecular flexibility index (Phi) is 5.01. The molecule has 0 aliphatic carbocycles. The van der Waals surface area contributed by atoms with Crippen molar-refractivity contribution in [3.63, 3.8) is 0 Å². The summed E-state index contributed by atoms with van der Waals surface area (Å²) in [6.07, 6.45) is 0.447. The molecule has 1 aliphatic heterocycles. The number of cyclic esters (lactones) is 1. The van der Waals surface area contributed by atoms with E-state index in [1.54, 1.807) is 36.4 Å². The highest BCUT2D eigenvalue weighted by Gasteiger charge is 2.36. The number of nitrogens with zero attached hydrogens (tertiary/aromatic N) is 1. The van der Waals surface area contributed by atoms with Gasteiger partial charge in [0, 0.05) is 17.1 Å². The van der Waals surface area contributed by atoms with Gasteiger partial charge in [-0.3, -0.25) is 9.69 Å². The molecule has 0 saturated carbocycles. The van der Waals surface area contributed by atoms with Crippen molar-refractivity contribution in [2.24, 2.45) is 0 Å². The third kappa shape index (κ3) is 3.68. The van der Waals surface area contributed by atoms with Gasteiger partial charge in [0.15, 0.2) is 6.61 Å². The lowest BCUT2D eigenvalue weighted by molar-refractivity contribution is -0.140. The average Bonchev–Trinajstić information content (AvgIpc) is 3.00. The largest absolute Gasteiger partial charge is 0.484 e. The number of ether oxygens (including phenoxy) is 2. The zero-order valence-corrected chi connectivity index (χ0v) is 13.6. The molecule has 1 unspecified atom stereocenters. The van der Waals surface area contributed by atoms with Crippen molar-refractivity contribution in [2.45, 2.75) is 12.5 Å². The van der Waals surface area contributed by atoms with E-state index in [1.807, 2.05) is 18.2 Å². The van der Waals surface area contributed by atoms with Crippen LogP contribution in [0, 0.1) is 0 Å². The molecule has 24 heavy (non-hydrogen) atoms. The maximum absolute atomic E-state index is 12.7. The van der Waals surface area contributed by atoms with E-state index in [0.717, 1.165) is 0 Å². The van der Waals surface area contributed by atoms with Crippen LogP contribution in [0.25, 0.3) is 0 Å². The van der Waals surface area contributed by atoms with Crippen LogP contribution in [0.2, 0.25) is 5.02 Å². The van der Waals surface area contributed by atoms with Crippen molar-refractivity contribution in [2.75, 3.05) is 18.1 Å². The second-order valence-corrected chi connectivity index (χ2v) is 5.75. The summed E-state index contributed by atoms with van der Waals surface area (Å²) in [5, 5.41) is 0.487. The van der Waals surface area contributed by atoms with Crippen LogP contribution < -0.4 is 9.64 Å². The van der Waals surface area contributed by atoms with Crippen LogP contribution in [0.4, 0.5) is 5.69 Å². The van der Waals surface area contributed by atoms with Gasteiger partial charge >= 0.3 is 5.97 Å². The molecular weight excluding hydrogens is 330 g/mol. The highest BCUT2D eigenvalue weighted by Crippen LogP contribution is 2.26. The first-order chi connectivity index (χ1) is 11.6. The number of rotatable bonds is 5. The number of hydrogen-bond acceptors (Lipinski definition) is 4. The van der Waals surface area contributed by atoms with Gasteiger partial charge < -0.3 is 9.47 Å². The monoisotopic (exact) mass is 345 g/mol. The summed E-state index contributed by atoms with van der Waals surface area (Å²) in [5.41, 5.74) is 0.549. The van der Waals surface area contributed by atoms with Gasteiger partial charge in [-0.25, -0.2) is 4.79 Å². The van der Waals surface area contributed by atoms with E-state index in [1.165, 1.54) is 4.90 Å². The Morgan fingerprint density at radius 3 is 2.67 bits per heavy atom. The van der Waals surface area contributed by atoms with E-state index in [2.05, 4.69) is 0 Å². The SMILES string of the molecule is O=C1OCCC1N(C(=O)COc1ccccc1)c1cccc(Cl)c1. The molecule has 1 fully saturated rings. The molecule has 0 bridgehead atoms. The smallest absolute Gasteiger partial charge is 0.329 e. The number of carbonyl (C=O) groups is 2. The van der Waals surface area contributed by atoms with Crippen LogP contribution in [0.3, 0.4) is 0 Å². The van der Waals surface area contributed by atoms with Crippen LogP contribution in [-0.4, -0.2) is 31.1 Å². The predicted octanol–water partition coefficient (Wildman–Crippen LogP) is 3.07. The normalized spacial score (nSPS) is 16.5. The molecule has 1 amide bonds. The Balaban J connectivity index is 1.81. The molecule has 2 aromatic rings. The second-order valence-electron chi connectivity index (χ2n) is 5.32. The lowest BCUT2D eigenvalue weighted by Crippen LogP contribution is -2.45. The molecule has 0 aromatic heterocycles. The Labute approximate surface area is 144 Å². The Bertz CT molecular complexity index is 735. The fourth-order valence-corrected chi connectivity index (χ4v) is 2.76. The minimum atomic E-state index is -0.657. The molecule has 1 aliphatic rings. The molecular formula is C18H16ClNO4. The number of amides is 1. The quantitative estimate of drug-likeness (QED) is 0.781. The zero-order chi connectivity index (χ0) is 16.9. The molecule has 0 spiro atoms. The molecule has 1 atom stereocenters. The second kappa shape index (κ2) is 7.36. The topological polar surface area (TPSA) is 55.8 Å². The van der Waals surface area contributed by atoms with Gasteiger partial charge in [0.25, 0.3) is 5.91 Å². The van der Waals surface area contributed by atoms with Gasteiger partial charge in [-0.05, 0) is 30.3 Å². The molecule has 0 N–H and O–H groups in total. The number of benzene rings is 2. The summed E-state index contributed by atoms with van der Waals surface area (Å²) in [7, 11) is 0. The molecule has 5 nitrogen and oxygen atoms in total. The van der Waals surface area contributed by atoms with E-state index in [-0.39, 0.29) is 12.5 Å². The zero-order valence-electron chi connectivity index (χ0n) is 12.9. The fourth-order valence-electron chi connectivity index (χ4n) is 2.57. The summed E-state index contributed by atoms with van der Waals surface area (Å²) >= 11 is 6.02. The summed E-state index contributed by atoms with van der Waals surface area (Å²) in [5.74, 6) is -0.154. The van der Waals surface area contributed by atoms with Gasteiger partial charge in [-0.1, -0.05) is 35.9 Å². The van der Waals surface area contributed by atoms with Gasteiger partial charge in [-0.2, -0.15) is 0 Å². The average molecular weight is 346 g/mol. The fraction of sp³-hybridized carbons (Fsp3) is 0.222. The van der Waals surface area contributed by atoms with Gasteiger partial charge in [0.2, 0.25) is 0 Å². The van der Waals surface area contributed by atoms with E-state index in [0.29, 0.717) is 29.5 Å². The maximum atomic E-state index is 12.7. The van der Waals surface area contributed by atoms with Crippen LogP contribution in [0.5, 0.6) is 5.75 Å². The van der Waals surface area contributed by atoms with Crippen LogP contribution in [0.1, 0.15) is 6.42 Å². The van der Waals surface area contributed by atoms with Crippen molar-refractivity contribution < 1.29 is 19.1 Å². The third-order valence-corrected chi connectivity index (χ3v) is 3.92. The Hall–Kier alpha value is -2.53. The van der Waals surface area contributed by atoms with Gasteiger partial charge in [-0.15, -0.1) is 0 Å². The summed E-state index contributed by atoms with van der Waals surface area (Å²) < 4.78 is 10.5. The van der Waals surface area contributed by atoms with Crippen molar-refractivity contribution in [3.8, 4) is 5.75 Å². The summed E-state index contributed by atoms with van der Waals surface area (Å²) in [6.45, 7) is 0.119. The highest BCUT2D eigenvalue weighted by atomic mass is 35.5. The number of anilines is 1. The standard InChI is InChI=1S/C18H16ClNO4/c19-13-5-4-6-14(11-13)20(16-9-10-23-18(16)22)17(21)12-24-15-7-2-1-3-8-15/h1-8,11,16H,9-10,12H2. The Morgan fingerprint density at radius 1 is 1.21 bits per heavy atom. The van der Waals surface area contributed by atoms with Crippen molar-refractivity contribution >= 4 is 29.2 Å².